The zero-order valence-corrected chi connectivity index (χ0v) is 47.1. The van der Waals surface area contributed by atoms with Crippen LogP contribution >= 0.6 is 11.6 Å². The van der Waals surface area contributed by atoms with E-state index in [9.17, 15) is 24.3 Å². The van der Waals surface area contributed by atoms with Crippen molar-refractivity contribution in [3.8, 4) is 23.0 Å². The summed E-state index contributed by atoms with van der Waals surface area (Å²) in [6, 6.07) is 13.8. The van der Waals surface area contributed by atoms with Crippen LogP contribution in [0.1, 0.15) is 116 Å². The number of likely N-dealkylation sites (tertiary alicyclic amines) is 2. The fraction of sp³-hybridized carbons (Fsp3) is 0.500. The second kappa shape index (κ2) is 25.5. The van der Waals surface area contributed by atoms with Gasteiger partial charge in [0.25, 0.3) is 11.8 Å². The summed E-state index contributed by atoms with van der Waals surface area (Å²) in [4.78, 5) is 72.1. The number of nitrogens with zero attached hydrogens (tertiary/aromatic N) is 15. The monoisotopic (exact) mass is 1100 g/mol. The summed E-state index contributed by atoms with van der Waals surface area (Å²) >= 11 is 5.17. The fourth-order valence-corrected chi connectivity index (χ4v) is 10.1. The van der Waals surface area contributed by atoms with Gasteiger partial charge in [-0.1, -0.05) is 32.9 Å². The zero-order valence-electron chi connectivity index (χ0n) is 45.3. The highest BCUT2D eigenvalue weighted by Crippen LogP contribution is 2.37. The Kier molecular flexibility index (Phi) is 18.6. The lowest BCUT2D eigenvalue weighted by Gasteiger charge is -2.36. The normalized spacial score (nSPS) is 15.9. The van der Waals surface area contributed by atoms with Crippen LogP contribution in [0.25, 0.3) is 23.0 Å². The molecule has 24 nitrogen and oxygen atoms in total. The number of amides is 5. The molecule has 0 aromatic carbocycles. The Morgan fingerprint density at radius 2 is 1.24 bits per heavy atom. The highest BCUT2D eigenvalue weighted by Gasteiger charge is 2.38. The van der Waals surface area contributed by atoms with E-state index in [4.69, 9.17) is 16.0 Å². The van der Waals surface area contributed by atoms with Gasteiger partial charge < -0.3 is 40.2 Å². The highest BCUT2D eigenvalue weighted by atomic mass is 35.5. The van der Waals surface area contributed by atoms with Crippen molar-refractivity contribution in [2.75, 3.05) is 63.1 Å². The summed E-state index contributed by atoms with van der Waals surface area (Å²) in [6.45, 7) is 21.4. The molecule has 2 fully saturated rings. The summed E-state index contributed by atoms with van der Waals surface area (Å²) in [5, 5.41) is 42.0. The number of pyridine rings is 4. The number of halogens is 1. The first kappa shape index (κ1) is 57.0. The Hall–Kier alpha value is -7.19. The van der Waals surface area contributed by atoms with Crippen molar-refractivity contribution in [1.82, 2.24) is 80.4 Å². The second-order valence-electron chi connectivity index (χ2n) is 21.3. The van der Waals surface area contributed by atoms with Gasteiger partial charge in [-0.05, 0) is 168 Å². The molecule has 414 valence electrons. The number of rotatable bonds is 12. The molecule has 26 heteroatoms. The SMILES string of the molecule is C[C@H](CO)n1nnnc1-c1cccc(NC(=O)c2cc3c(cn2)CCN(C(=O)N2CCCC2)C3)n1.C[C@H](CO[Si](C)(C)C(C)(C)C)n1nnnc1-c1cccc(NC(=O)c2cc3c(cn2)CCNC3)n1.O=C(Cl)N1CCCC1. The van der Waals surface area contributed by atoms with Crippen LogP contribution in [0.5, 0.6) is 0 Å². The van der Waals surface area contributed by atoms with E-state index in [1.807, 2.05) is 34.9 Å². The molecule has 10 heterocycles. The minimum atomic E-state index is -1.90. The number of nitrogens with one attached hydrogen (secondary N) is 3. The van der Waals surface area contributed by atoms with Crippen LogP contribution < -0.4 is 16.0 Å². The number of aliphatic hydroxyl groups is 1. The molecule has 10 rings (SSSR count). The fourth-order valence-electron chi connectivity index (χ4n) is 8.84. The van der Waals surface area contributed by atoms with Gasteiger partial charge in [-0.25, -0.2) is 24.1 Å². The largest absolute Gasteiger partial charge is 0.415 e. The first-order chi connectivity index (χ1) is 37.4. The molecule has 4 aliphatic rings. The topological polar surface area (TPSA) is 282 Å². The van der Waals surface area contributed by atoms with E-state index >= 15 is 0 Å². The zero-order chi connectivity index (χ0) is 55.6. The van der Waals surface area contributed by atoms with Gasteiger partial charge in [-0.2, -0.15) is 0 Å². The number of aromatic nitrogens is 12. The molecule has 2 saturated heterocycles. The smallest absolute Gasteiger partial charge is 0.320 e. The van der Waals surface area contributed by atoms with Crippen LogP contribution in [-0.2, 0) is 30.4 Å². The van der Waals surface area contributed by atoms with E-state index in [1.165, 1.54) is 10.2 Å². The molecule has 0 spiro atoms. The van der Waals surface area contributed by atoms with E-state index in [2.05, 4.69) is 101 Å². The van der Waals surface area contributed by atoms with Crippen molar-refractivity contribution >= 4 is 54.8 Å². The molecule has 6 aromatic rings. The maximum absolute atomic E-state index is 13.0. The van der Waals surface area contributed by atoms with Gasteiger partial charge >= 0.3 is 11.4 Å². The van der Waals surface area contributed by atoms with Crippen molar-refractivity contribution in [1.29, 1.82) is 0 Å². The third kappa shape index (κ3) is 14.1. The number of aliphatic hydroxyl groups excluding tert-OH is 1. The predicted molar refractivity (Wildman–Crippen MR) is 294 cm³/mol. The molecule has 5 amide bonds. The number of carbonyl (C=O) groups excluding carboxylic acids is 4. The van der Waals surface area contributed by atoms with Crippen LogP contribution in [0, 0.1) is 0 Å². The van der Waals surface area contributed by atoms with Gasteiger partial charge in [0.1, 0.15) is 34.4 Å². The first-order valence-electron chi connectivity index (χ1n) is 26.4. The molecule has 2 atom stereocenters. The van der Waals surface area contributed by atoms with E-state index in [1.54, 1.807) is 59.2 Å². The van der Waals surface area contributed by atoms with Crippen LogP contribution in [0.15, 0.2) is 60.9 Å². The second-order valence-corrected chi connectivity index (χ2v) is 26.4. The Morgan fingerprint density at radius 3 is 1.77 bits per heavy atom. The summed E-state index contributed by atoms with van der Waals surface area (Å²) in [5.74, 6) is 0.930. The van der Waals surface area contributed by atoms with Crippen molar-refractivity contribution in [3.05, 3.63) is 94.6 Å². The molecular weight excluding hydrogens is 1040 g/mol. The summed E-state index contributed by atoms with van der Waals surface area (Å²) in [6.07, 6.45) is 9.46. The number of carbonyl (C=O) groups is 4. The summed E-state index contributed by atoms with van der Waals surface area (Å²) in [7, 11) is -1.90. The quantitative estimate of drug-likeness (QED) is 0.0573. The molecule has 4 aliphatic heterocycles. The Balaban J connectivity index is 0.000000180. The van der Waals surface area contributed by atoms with Crippen molar-refractivity contribution in [2.45, 2.75) is 116 Å². The number of fused-ring (bicyclic) bond motifs is 2. The van der Waals surface area contributed by atoms with Gasteiger partial charge in [-0.15, -0.1) is 10.2 Å². The van der Waals surface area contributed by atoms with Crippen molar-refractivity contribution in [2.24, 2.45) is 0 Å². The number of hydrogen-bond donors (Lipinski definition) is 4. The van der Waals surface area contributed by atoms with E-state index in [-0.39, 0.29) is 46.7 Å². The lowest BCUT2D eigenvalue weighted by Crippen LogP contribution is -2.44. The van der Waals surface area contributed by atoms with Crippen molar-refractivity contribution < 1.29 is 28.7 Å². The molecule has 0 aliphatic carbocycles. The average molecular weight is 1110 g/mol. The molecule has 78 heavy (non-hydrogen) atoms. The molecular formula is C52H69ClN18O6Si. The lowest BCUT2D eigenvalue weighted by atomic mass is 10.0. The average Bonchev–Trinajstić information content (AvgIpc) is 4.31. The highest BCUT2D eigenvalue weighted by molar-refractivity contribution is 6.74. The summed E-state index contributed by atoms with van der Waals surface area (Å²) < 4.78 is 9.57. The predicted octanol–water partition coefficient (Wildman–Crippen LogP) is 6.56. The minimum Gasteiger partial charge on any atom is -0.415 e. The van der Waals surface area contributed by atoms with Gasteiger partial charge in [0.05, 0.1) is 25.3 Å². The van der Waals surface area contributed by atoms with Crippen molar-refractivity contribution in [3.63, 3.8) is 0 Å². The van der Waals surface area contributed by atoms with Crippen LogP contribution in [0.2, 0.25) is 18.1 Å². The summed E-state index contributed by atoms with van der Waals surface area (Å²) in [5.41, 5.74) is 5.91. The lowest BCUT2D eigenvalue weighted by molar-refractivity contribution is 0.101. The molecule has 4 N–H and O–H groups in total. The molecule has 0 bridgehead atoms. The molecule has 0 radical (unpaired) electrons. The van der Waals surface area contributed by atoms with Gasteiger partial charge in [0.15, 0.2) is 8.32 Å². The number of tetrazole rings is 2. The Morgan fingerprint density at radius 1 is 0.718 bits per heavy atom. The van der Waals surface area contributed by atoms with Crippen LogP contribution in [0.3, 0.4) is 0 Å². The van der Waals surface area contributed by atoms with Gasteiger partial charge in [0.2, 0.25) is 11.6 Å². The van der Waals surface area contributed by atoms with E-state index in [0.29, 0.717) is 66.5 Å². The van der Waals surface area contributed by atoms with Crippen LogP contribution in [0.4, 0.5) is 21.2 Å². The molecule has 0 unspecified atom stereocenters. The number of anilines is 2. The molecule has 0 saturated carbocycles. The maximum atomic E-state index is 13.0. The Bertz CT molecular complexity index is 3060. The third-order valence-electron chi connectivity index (χ3n) is 14.5. The first-order valence-corrected chi connectivity index (χ1v) is 29.7. The number of urea groups is 1. The standard InChI is InChI=1S/C24H34N8O2Si.C23H27N9O3.C5H8ClNO/c1-16(15-34-35(5,6)24(2,3)4)32-22(29-30-31-32)19-8-7-9-21(27-19)28-23(33)20-12-18-13-25-11-10-17(18)14-26-20;1-15(14-33)32-21(27-28-29-32)18-5-4-6-20(25-18)26-22(34)19-11-17-13-31(10-7-16(17)12-24-19)23(35)30-8-2-3-9-30;6-5(8)7-3-1-2-4-7/h7-9,12,14,16,25H,10-11,13,15H2,1-6H3,(H,27,28,33);4-6,11-12,15,33H,2-3,7-10,13-14H2,1H3,(H,25,26,34);1-4H2/t16-;15-;/m11./s1. The van der Waals surface area contributed by atoms with Gasteiger partial charge in [0, 0.05) is 58.2 Å². The number of hydrogen-bond acceptors (Lipinski definition) is 17. The third-order valence-corrected chi connectivity index (χ3v) is 19.3. The van der Waals surface area contributed by atoms with E-state index in [0.717, 1.165) is 88.1 Å². The minimum absolute atomic E-state index is 0.0647. The van der Waals surface area contributed by atoms with Gasteiger partial charge in [-0.3, -0.25) is 24.4 Å². The molecule has 6 aromatic heterocycles. The van der Waals surface area contributed by atoms with Crippen LogP contribution in [-0.4, -0.2) is 164 Å². The van der Waals surface area contributed by atoms with E-state index < -0.39 is 14.2 Å². The maximum Gasteiger partial charge on any atom is 0.320 e. The Labute approximate surface area is 459 Å².